The zero-order chi connectivity index (χ0) is 22.3. The van der Waals surface area contributed by atoms with Crippen LogP contribution in [0.4, 0.5) is 16.2 Å². The summed E-state index contributed by atoms with van der Waals surface area (Å²) in [6, 6.07) is 13.3. The lowest BCUT2D eigenvalue weighted by atomic mass is 10.2. The first-order valence-electron chi connectivity index (χ1n) is 9.52. The first-order chi connectivity index (χ1) is 15.6. The van der Waals surface area contributed by atoms with Gasteiger partial charge in [-0.2, -0.15) is 0 Å². The van der Waals surface area contributed by atoms with Crippen molar-refractivity contribution in [3.05, 3.63) is 73.6 Å². The van der Waals surface area contributed by atoms with Gasteiger partial charge >= 0.3 is 6.03 Å². The average molecular weight is 432 g/mol. The standard InChI is InChI=1S/C22H20N6O4/c1-30-18-9-16(10-19(11-18)31-2)27-22(29)26-15-3-5-17(6-4-15)32-21-12-20(24-13-25-21)28-8-7-23-14-28/h3-14H,1-2H3,(H2,26,27,29). The van der Waals surface area contributed by atoms with E-state index in [0.717, 1.165) is 0 Å². The summed E-state index contributed by atoms with van der Waals surface area (Å²) in [4.78, 5) is 24.7. The number of nitrogens with zero attached hydrogens (tertiary/aromatic N) is 4. The van der Waals surface area contributed by atoms with Gasteiger partial charge < -0.3 is 24.8 Å². The molecule has 162 valence electrons. The molecule has 2 N–H and O–H groups in total. The number of ether oxygens (including phenoxy) is 3. The van der Waals surface area contributed by atoms with Gasteiger partial charge in [0.15, 0.2) is 0 Å². The molecule has 0 bridgehead atoms. The fraction of sp³-hybridized carbons (Fsp3) is 0.0909. The number of anilines is 2. The Morgan fingerprint density at radius 1 is 0.875 bits per heavy atom. The van der Waals surface area contributed by atoms with Gasteiger partial charge in [0.1, 0.15) is 35.7 Å². The Bertz CT molecular complexity index is 1170. The van der Waals surface area contributed by atoms with E-state index in [1.807, 2.05) is 0 Å². The Balaban J connectivity index is 1.38. The second-order valence-corrected chi connectivity index (χ2v) is 6.49. The van der Waals surface area contributed by atoms with Crippen molar-refractivity contribution in [2.24, 2.45) is 0 Å². The van der Waals surface area contributed by atoms with Crippen LogP contribution in [0.15, 0.2) is 73.6 Å². The number of amides is 2. The molecule has 0 aliphatic carbocycles. The lowest BCUT2D eigenvalue weighted by Crippen LogP contribution is -2.19. The molecule has 2 amide bonds. The molecule has 0 spiro atoms. The van der Waals surface area contributed by atoms with E-state index in [1.165, 1.54) is 6.33 Å². The molecule has 2 aromatic carbocycles. The van der Waals surface area contributed by atoms with Crippen molar-refractivity contribution in [3.63, 3.8) is 0 Å². The number of benzene rings is 2. The van der Waals surface area contributed by atoms with E-state index in [0.29, 0.717) is 40.3 Å². The van der Waals surface area contributed by atoms with Crippen LogP contribution in [0.3, 0.4) is 0 Å². The summed E-state index contributed by atoms with van der Waals surface area (Å²) >= 11 is 0. The number of nitrogens with one attached hydrogen (secondary N) is 2. The summed E-state index contributed by atoms with van der Waals surface area (Å²) in [5, 5.41) is 5.51. The van der Waals surface area contributed by atoms with Crippen LogP contribution in [-0.2, 0) is 0 Å². The molecule has 32 heavy (non-hydrogen) atoms. The minimum absolute atomic E-state index is 0.383. The monoisotopic (exact) mass is 432 g/mol. The lowest BCUT2D eigenvalue weighted by Gasteiger charge is -2.11. The first kappa shape index (κ1) is 20.7. The topological polar surface area (TPSA) is 112 Å². The largest absolute Gasteiger partial charge is 0.497 e. The SMILES string of the molecule is COc1cc(NC(=O)Nc2ccc(Oc3cc(-n4ccnc4)ncn3)cc2)cc(OC)c1. The number of carbonyl (C=O) groups excluding carboxylic acids is 1. The third kappa shape index (κ3) is 5.11. The fourth-order valence-corrected chi connectivity index (χ4v) is 2.82. The Kier molecular flexibility index (Phi) is 6.12. The maximum absolute atomic E-state index is 12.3. The number of aromatic nitrogens is 4. The average Bonchev–Trinajstić information content (AvgIpc) is 3.35. The van der Waals surface area contributed by atoms with Crippen molar-refractivity contribution in [2.45, 2.75) is 0 Å². The molecule has 0 fully saturated rings. The van der Waals surface area contributed by atoms with Crippen molar-refractivity contribution in [2.75, 3.05) is 24.9 Å². The molecule has 0 saturated carbocycles. The fourth-order valence-electron chi connectivity index (χ4n) is 2.82. The molecule has 0 saturated heterocycles. The van der Waals surface area contributed by atoms with Crippen molar-refractivity contribution in [1.82, 2.24) is 19.5 Å². The van der Waals surface area contributed by atoms with Crippen molar-refractivity contribution < 1.29 is 19.0 Å². The minimum atomic E-state index is -0.408. The van der Waals surface area contributed by atoms with Gasteiger partial charge in [0.25, 0.3) is 0 Å². The number of imidazole rings is 1. The van der Waals surface area contributed by atoms with E-state index in [-0.39, 0.29) is 0 Å². The molecular formula is C22H20N6O4. The molecule has 2 aromatic heterocycles. The van der Waals surface area contributed by atoms with Crippen LogP contribution in [0.2, 0.25) is 0 Å². The van der Waals surface area contributed by atoms with Gasteiger partial charge in [0, 0.05) is 48.0 Å². The summed E-state index contributed by atoms with van der Waals surface area (Å²) in [5.74, 6) is 2.72. The maximum Gasteiger partial charge on any atom is 0.323 e. The van der Waals surface area contributed by atoms with Gasteiger partial charge in [-0.1, -0.05) is 0 Å². The molecule has 0 unspecified atom stereocenters. The van der Waals surface area contributed by atoms with E-state index in [1.54, 1.807) is 86.0 Å². The van der Waals surface area contributed by atoms with Gasteiger partial charge in [-0.25, -0.2) is 19.7 Å². The van der Waals surface area contributed by atoms with Crippen LogP contribution >= 0.6 is 0 Å². The predicted molar refractivity (Wildman–Crippen MR) is 118 cm³/mol. The zero-order valence-electron chi connectivity index (χ0n) is 17.4. The Labute approximate surface area is 183 Å². The molecule has 2 heterocycles. The maximum atomic E-state index is 12.3. The number of carbonyl (C=O) groups is 1. The molecule has 0 aliphatic heterocycles. The summed E-state index contributed by atoms with van der Waals surface area (Å²) in [6.07, 6.45) is 6.49. The van der Waals surface area contributed by atoms with Crippen molar-refractivity contribution in [3.8, 4) is 28.9 Å². The molecule has 0 atom stereocenters. The van der Waals surface area contributed by atoms with E-state index in [9.17, 15) is 4.79 Å². The lowest BCUT2D eigenvalue weighted by molar-refractivity contribution is 0.262. The molecular weight excluding hydrogens is 412 g/mol. The minimum Gasteiger partial charge on any atom is -0.497 e. The van der Waals surface area contributed by atoms with E-state index in [2.05, 4.69) is 25.6 Å². The summed E-state index contributed by atoms with van der Waals surface area (Å²) < 4.78 is 17.9. The van der Waals surface area contributed by atoms with Gasteiger partial charge in [0.05, 0.1) is 14.2 Å². The van der Waals surface area contributed by atoms with Crippen LogP contribution in [0.5, 0.6) is 23.1 Å². The number of methoxy groups -OCH3 is 2. The van der Waals surface area contributed by atoms with E-state index in [4.69, 9.17) is 14.2 Å². The molecule has 10 nitrogen and oxygen atoms in total. The van der Waals surface area contributed by atoms with Crippen LogP contribution in [0.1, 0.15) is 0 Å². The van der Waals surface area contributed by atoms with Gasteiger partial charge in [0.2, 0.25) is 5.88 Å². The van der Waals surface area contributed by atoms with Gasteiger partial charge in [-0.05, 0) is 24.3 Å². The highest BCUT2D eigenvalue weighted by molar-refractivity contribution is 6.00. The second-order valence-electron chi connectivity index (χ2n) is 6.49. The number of urea groups is 1. The smallest absolute Gasteiger partial charge is 0.323 e. The molecule has 4 aromatic rings. The van der Waals surface area contributed by atoms with E-state index >= 15 is 0 Å². The van der Waals surface area contributed by atoms with Crippen LogP contribution < -0.4 is 24.8 Å². The highest BCUT2D eigenvalue weighted by Gasteiger charge is 2.08. The highest BCUT2D eigenvalue weighted by atomic mass is 16.5. The highest BCUT2D eigenvalue weighted by Crippen LogP contribution is 2.26. The molecule has 10 heteroatoms. The quantitative estimate of drug-likeness (QED) is 0.452. The second kappa shape index (κ2) is 9.47. The van der Waals surface area contributed by atoms with Gasteiger partial charge in [-0.15, -0.1) is 0 Å². The Hall–Kier alpha value is -4.60. The van der Waals surface area contributed by atoms with Crippen LogP contribution in [0, 0.1) is 0 Å². The summed E-state index contributed by atoms with van der Waals surface area (Å²) in [5.41, 5.74) is 1.13. The third-order valence-electron chi connectivity index (χ3n) is 4.34. The zero-order valence-corrected chi connectivity index (χ0v) is 17.4. The summed E-state index contributed by atoms with van der Waals surface area (Å²) in [6.45, 7) is 0. The molecule has 0 radical (unpaired) electrons. The molecule has 0 aliphatic rings. The number of rotatable bonds is 7. The van der Waals surface area contributed by atoms with E-state index < -0.39 is 6.03 Å². The van der Waals surface area contributed by atoms with Crippen LogP contribution in [0.25, 0.3) is 5.82 Å². The van der Waals surface area contributed by atoms with Crippen LogP contribution in [-0.4, -0.2) is 39.8 Å². The van der Waals surface area contributed by atoms with Crippen molar-refractivity contribution >= 4 is 17.4 Å². The third-order valence-corrected chi connectivity index (χ3v) is 4.34. The first-order valence-corrected chi connectivity index (χ1v) is 9.52. The predicted octanol–water partition coefficient (Wildman–Crippen LogP) is 4.12. The number of hydrogen-bond acceptors (Lipinski definition) is 7. The van der Waals surface area contributed by atoms with Crippen molar-refractivity contribution in [1.29, 1.82) is 0 Å². The summed E-state index contributed by atoms with van der Waals surface area (Å²) in [7, 11) is 3.09. The Morgan fingerprint density at radius 3 is 2.25 bits per heavy atom. The normalized spacial score (nSPS) is 10.3. The van der Waals surface area contributed by atoms with Gasteiger partial charge in [-0.3, -0.25) is 4.57 Å². The molecule has 4 rings (SSSR count). The number of hydrogen-bond donors (Lipinski definition) is 2. The Morgan fingerprint density at radius 2 is 1.59 bits per heavy atom.